The van der Waals surface area contributed by atoms with Gasteiger partial charge in [0, 0.05) is 15.6 Å². The van der Waals surface area contributed by atoms with E-state index in [1.807, 2.05) is 6.92 Å². The Bertz CT molecular complexity index is 884. The zero-order valence-electron chi connectivity index (χ0n) is 14.9. The van der Waals surface area contributed by atoms with Crippen molar-refractivity contribution in [2.75, 3.05) is 0 Å². The molecule has 1 aromatic carbocycles. The fraction of sp³-hybridized carbons (Fsp3) is 0.400. The van der Waals surface area contributed by atoms with Crippen LogP contribution in [0.1, 0.15) is 44.4 Å². The van der Waals surface area contributed by atoms with Crippen LogP contribution in [0.3, 0.4) is 0 Å². The fourth-order valence-electron chi connectivity index (χ4n) is 2.71. The Kier molecular flexibility index (Phi) is 4.76. The molecule has 0 spiro atoms. The number of thiophene rings is 2. The van der Waals surface area contributed by atoms with Crippen LogP contribution in [0.5, 0.6) is 11.5 Å². The Morgan fingerprint density at radius 1 is 0.875 bits per heavy atom. The maximum Gasteiger partial charge on any atom is 0.146 e. The van der Waals surface area contributed by atoms with Crippen LogP contribution < -0.4 is 9.47 Å². The van der Waals surface area contributed by atoms with E-state index in [-0.39, 0.29) is 12.2 Å². The minimum absolute atomic E-state index is 0.122. The van der Waals surface area contributed by atoms with Gasteiger partial charge in [0.2, 0.25) is 0 Å². The third-order valence-electron chi connectivity index (χ3n) is 3.44. The van der Waals surface area contributed by atoms with Crippen LogP contribution in [0, 0.1) is 18.8 Å². The van der Waals surface area contributed by atoms with E-state index in [2.05, 4.69) is 58.6 Å². The lowest BCUT2D eigenvalue weighted by molar-refractivity contribution is 0.244. The quantitative estimate of drug-likeness (QED) is 0.504. The highest BCUT2D eigenvalue weighted by atomic mass is 32.1. The van der Waals surface area contributed by atoms with Crippen molar-refractivity contribution in [1.29, 1.82) is 0 Å². The van der Waals surface area contributed by atoms with Crippen molar-refractivity contribution in [2.24, 2.45) is 0 Å². The number of hydrogen-bond acceptors (Lipinski definition) is 4. The Morgan fingerprint density at radius 2 is 1.42 bits per heavy atom. The van der Waals surface area contributed by atoms with Gasteiger partial charge in [0.05, 0.1) is 26.5 Å². The first kappa shape index (κ1) is 17.1. The summed E-state index contributed by atoms with van der Waals surface area (Å²) in [6, 6.07) is 4.34. The molecule has 0 bridgehead atoms. The number of rotatable bonds is 4. The van der Waals surface area contributed by atoms with E-state index in [4.69, 9.17) is 9.47 Å². The molecule has 126 valence electrons. The van der Waals surface area contributed by atoms with E-state index >= 15 is 0 Å². The van der Waals surface area contributed by atoms with Gasteiger partial charge in [0.15, 0.2) is 0 Å². The molecule has 2 aromatic heterocycles. The molecule has 3 rings (SSSR count). The van der Waals surface area contributed by atoms with Gasteiger partial charge < -0.3 is 9.47 Å². The second-order valence-electron chi connectivity index (χ2n) is 6.32. The van der Waals surface area contributed by atoms with Crippen molar-refractivity contribution >= 4 is 42.8 Å². The first-order chi connectivity index (χ1) is 11.4. The topological polar surface area (TPSA) is 18.5 Å². The van der Waals surface area contributed by atoms with Crippen LogP contribution in [-0.4, -0.2) is 12.2 Å². The van der Waals surface area contributed by atoms with Gasteiger partial charge in [-0.05, 0) is 53.7 Å². The van der Waals surface area contributed by atoms with Gasteiger partial charge in [0.25, 0.3) is 0 Å². The fourth-order valence-corrected chi connectivity index (χ4v) is 4.79. The number of aryl methyl sites for hydroxylation is 1. The highest BCUT2D eigenvalue weighted by Crippen LogP contribution is 2.49. The molecule has 0 atom stereocenters. The van der Waals surface area contributed by atoms with E-state index in [0.29, 0.717) is 0 Å². The van der Waals surface area contributed by atoms with Crippen LogP contribution in [0.2, 0.25) is 0 Å². The van der Waals surface area contributed by atoms with E-state index < -0.39 is 0 Å². The lowest BCUT2D eigenvalue weighted by Gasteiger charge is -2.16. The van der Waals surface area contributed by atoms with Crippen molar-refractivity contribution < 1.29 is 9.47 Å². The number of ether oxygens (including phenoxy) is 2. The molecular weight excluding hydrogens is 336 g/mol. The summed E-state index contributed by atoms with van der Waals surface area (Å²) in [6.07, 6.45) is 0.243. The molecule has 2 nitrogen and oxygen atoms in total. The van der Waals surface area contributed by atoms with Gasteiger partial charge in [-0.15, -0.1) is 28.6 Å². The number of benzene rings is 1. The zero-order valence-corrected chi connectivity index (χ0v) is 16.6. The average Bonchev–Trinajstić information content (AvgIpc) is 3.06. The molecule has 0 unspecified atom stereocenters. The lowest BCUT2D eigenvalue weighted by atomic mass is 10.1. The maximum atomic E-state index is 6.22. The smallest absolute Gasteiger partial charge is 0.146 e. The second-order valence-corrected chi connectivity index (χ2v) is 8.63. The summed E-state index contributed by atoms with van der Waals surface area (Å²) in [7, 11) is 0. The Labute approximate surface area is 151 Å². The summed E-state index contributed by atoms with van der Waals surface area (Å²) in [4.78, 5) is 2.31. The van der Waals surface area contributed by atoms with Crippen molar-refractivity contribution in [3.8, 4) is 23.3 Å². The highest BCUT2D eigenvalue weighted by Gasteiger charge is 2.22. The number of hydrogen-bond donors (Lipinski definition) is 0. The largest absolute Gasteiger partial charge is 0.489 e. The standard InChI is InChI=1S/C20H22O2S2/c1-7-8-14-10-16-18(22-12(4)5)19-15(9-13(6)23-19)17(20(16)24-14)21-11(2)3/h9-12H,1-6H3. The average molecular weight is 359 g/mol. The molecule has 0 aliphatic carbocycles. The molecule has 4 heteroatoms. The van der Waals surface area contributed by atoms with Gasteiger partial charge in [-0.2, -0.15) is 0 Å². The molecule has 0 aliphatic rings. The van der Waals surface area contributed by atoms with Crippen LogP contribution >= 0.6 is 22.7 Å². The van der Waals surface area contributed by atoms with Gasteiger partial charge in [-0.1, -0.05) is 5.92 Å². The first-order valence-corrected chi connectivity index (χ1v) is 9.79. The zero-order chi connectivity index (χ0) is 17.4. The summed E-state index contributed by atoms with van der Waals surface area (Å²) < 4.78 is 14.7. The summed E-state index contributed by atoms with van der Waals surface area (Å²) in [6.45, 7) is 12.3. The van der Waals surface area contributed by atoms with Crippen molar-refractivity contribution in [1.82, 2.24) is 0 Å². The van der Waals surface area contributed by atoms with E-state index in [1.54, 1.807) is 22.7 Å². The summed E-state index contributed by atoms with van der Waals surface area (Å²) in [5, 5.41) is 2.25. The molecule has 2 heterocycles. The molecule has 0 saturated heterocycles. The van der Waals surface area contributed by atoms with Crippen LogP contribution in [0.15, 0.2) is 12.1 Å². The van der Waals surface area contributed by atoms with Gasteiger partial charge in [0.1, 0.15) is 11.5 Å². The summed E-state index contributed by atoms with van der Waals surface area (Å²) in [5.74, 6) is 8.09. The van der Waals surface area contributed by atoms with Gasteiger partial charge in [-0.3, -0.25) is 0 Å². The highest BCUT2D eigenvalue weighted by molar-refractivity contribution is 7.21. The number of fused-ring (bicyclic) bond motifs is 2. The molecule has 0 fully saturated rings. The van der Waals surface area contributed by atoms with Crippen LogP contribution in [-0.2, 0) is 0 Å². The first-order valence-electron chi connectivity index (χ1n) is 8.16. The molecule has 0 radical (unpaired) electrons. The van der Waals surface area contributed by atoms with Crippen molar-refractivity contribution in [2.45, 2.75) is 53.8 Å². The molecule has 0 amide bonds. The van der Waals surface area contributed by atoms with Crippen LogP contribution in [0.4, 0.5) is 0 Å². The van der Waals surface area contributed by atoms with E-state index in [9.17, 15) is 0 Å². The summed E-state index contributed by atoms with van der Waals surface area (Å²) >= 11 is 3.44. The Balaban J connectivity index is 2.42. The van der Waals surface area contributed by atoms with Gasteiger partial charge in [-0.25, -0.2) is 0 Å². The minimum atomic E-state index is 0.122. The van der Waals surface area contributed by atoms with E-state index in [0.717, 1.165) is 36.5 Å². The minimum Gasteiger partial charge on any atom is -0.489 e. The predicted octanol–water partition coefficient (Wildman–Crippen LogP) is 6.37. The molecule has 24 heavy (non-hydrogen) atoms. The van der Waals surface area contributed by atoms with E-state index in [1.165, 1.54) is 4.88 Å². The third kappa shape index (κ3) is 3.11. The SMILES string of the molecule is CC#Cc1cc2c(OC(C)C)c3sc(C)cc3c(OC(C)C)c2s1. The maximum absolute atomic E-state index is 6.22. The lowest BCUT2D eigenvalue weighted by Crippen LogP contribution is -2.08. The monoisotopic (exact) mass is 358 g/mol. The predicted molar refractivity (Wildman–Crippen MR) is 106 cm³/mol. The second kappa shape index (κ2) is 6.66. The molecule has 0 aliphatic heterocycles. The van der Waals surface area contributed by atoms with Gasteiger partial charge >= 0.3 is 0 Å². The van der Waals surface area contributed by atoms with Crippen molar-refractivity contribution in [3.63, 3.8) is 0 Å². The van der Waals surface area contributed by atoms with Crippen LogP contribution in [0.25, 0.3) is 20.2 Å². The molecule has 0 N–H and O–H groups in total. The third-order valence-corrected chi connectivity index (χ3v) is 5.54. The molecule has 0 saturated carbocycles. The molecular formula is C20H22O2S2. The summed E-state index contributed by atoms with van der Waals surface area (Å²) in [5.41, 5.74) is 0. The Morgan fingerprint density at radius 3 is 1.96 bits per heavy atom. The normalized spacial score (nSPS) is 11.3. The molecule has 3 aromatic rings. The van der Waals surface area contributed by atoms with Crippen molar-refractivity contribution in [3.05, 3.63) is 21.9 Å². The Hall–Kier alpha value is -1.70.